The van der Waals surface area contributed by atoms with Crippen LogP contribution in [0.3, 0.4) is 0 Å². The molecule has 3 aromatic rings. The molecule has 2 fully saturated rings. The number of nitrogens with zero attached hydrogens (tertiary/aromatic N) is 5. The molecule has 1 N–H and O–H groups in total. The number of thiazole rings is 1. The fourth-order valence-electron chi connectivity index (χ4n) is 4.35. The minimum atomic E-state index is -0.0952. The lowest BCUT2D eigenvalue weighted by atomic mass is 9.93. The molecule has 1 atom stereocenters. The Morgan fingerprint density at radius 2 is 2.09 bits per heavy atom. The maximum atomic E-state index is 12.5. The van der Waals surface area contributed by atoms with E-state index in [4.69, 9.17) is 0 Å². The molecule has 32 heavy (non-hydrogen) atoms. The second-order valence-electron chi connectivity index (χ2n) is 8.69. The van der Waals surface area contributed by atoms with Gasteiger partial charge in [-0.3, -0.25) is 19.2 Å². The first-order valence-corrected chi connectivity index (χ1v) is 11.9. The molecule has 9 heteroatoms. The Labute approximate surface area is 190 Å². The number of aromatic nitrogens is 4. The van der Waals surface area contributed by atoms with Crippen LogP contribution in [0.5, 0.6) is 0 Å². The summed E-state index contributed by atoms with van der Waals surface area (Å²) >= 11 is 1.41. The van der Waals surface area contributed by atoms with Crippen molar-refractivity contribution in [2.75, 3.05) is 11.4 Å². The van der Waals surface area contributed by atoms with Gasteiger partial charge in [-0.1, -0.05) is 35.5 Å². The predicted molar refractivity (Wildman–Crippen MR) is 121 cm³/mol. The number of carbonyl (C=O) groups is 2. The number of benzene rings is 1. The Morgan fingerprint density at radius 3 is 2.81 bits per heavy atom. The van der Waals surface area contributed by atoms with Crippen molar-refractivity contribution in [3.8, 4) is 0 Å². The lowest BCUT2D eigenvalue weighted by molar-refractivity contribution is -0.121. The minimum absolute atomic E-state index is 0.00888. The van der Waals surface area contributed by atoms with Crippen LogP contribution in [0.15, 0.2) is 41.9 Å². The lowest BCUT2D eigenvalue weighted by Crippen LogP contribution is -2.36. The maximum Gasteiger partial charge on any atom is 0.228 e. The second-order valence-corrected chi connectivity index (χ2v) is 9.53. The molecule has 5 rings (SSSR count). The lowest BCUT2D eigenvalue weighted by Gasteiger charge is -2.14. The molecule has 2 amide bonds. The molecule has 1 saturated carbocycles. The SMILES string of the molecule is C[C@H](Cn1cc(C2(c3ccccc3)CC2)nn1)NC(=O)Cc1csc(N2CCCC2=O)n1. The van der Waals surface area contributed by atoms with Gasteiger partial charge in [0.25, 0.3) is 0 Å². The zero-order valence-electron chi connectivity index (χ0n) is 18.0. The summed E-state index contributed by atoms with van der Waals surface area (Å²) in [5.74, 6) is 0.0156. The fourth-order valence-corrected chi connectivity index (χ4v) is 5.22. The van der Waals surface area contributed by atoms with Gasteiger partial charge in [0, 0.05) is 36.0 Å². The number of carbonyl (C=O) groups excluding carboxylic acids is 2. The van der Waals surface area contributed by atoms with Crippen LogP contribution in [-0.2, 0) is 28.0 Å². The van der Waals surface area contributed by atoms with Gasteiger partial charge in [0.2, 0.25) is 11.8 Å². The van der Waals surface area contributed by atoms with Crippen LogP contribution >= 0.6 is 11.3 Å². The van der Waals surface area contributed by atoms with Crippen LogP contribution in [0, 0.1) is 0 Å². The van der Waals surface area contributed by atoms with Gasteiger partial charge in [-0.25, -0.2) is 4.98 Å². The molecule has 1 saturated heterocycles. The van der Waals surface area contributed by atoms with Crippen LogP contribution in [0.1, 0.15) is 49.6 Å². The van der Waals surface area contributed by atoms with E-state index in [1.54, 1.807) is 4.90 Å². The number of anilines is 1. The Bertz CT molecular complexity index is 1120. The van der Waals surface area contributed by atoms with Gasteiger partial charge < -0.3 is 5.32 Å². The molecule has 1 aliphatic carbocycles. The highest BCUT2D eigenvalue weighted by Gasteiger charge is 2.48. The molecule has 0 radical (unpaired) electrons. The fraction of sp³-hybridized carbons (Fsp3) is 0.435. The summed E-state index contributed by atoms with van der Waals surface area (Å²) in [6.45, 7) is 3.22. The third-order valence-corrected chi connectivity index (χ3v) is 7.07. The van der Waals surface area contributed by atoms with Crippen molar-refractivity contribution in [3.05, 3.63) is 58.9 Å². The van der Waals surface area contributed by atoms with Crippen molar-refractivity contribution in [1.82, 2.24) is 25.3 Å². The van der Waals surface area contributed by atoms with Crippen molar-refractivity contribution in [1.29, 1.82) is 0 Å². The Hall–Kier alpha value is -3.07. The van der Waals surface area contributed by atoms with Crippen molar-refractivity contribution < 1.29 is 9.59 Å². The molecule has 2 aromatic heterocycles. The zero-order valence-corrected chi connectivity index (χ0v) is 18.8. The maximum absolute atomic E-state index is 12.5. The molecule has 3 heterocycles. The summed E-state index contributed by atoms with van der Waals surface area (Å²) in [5.41, 5.74) is 2.96. The monoisotopic (exact) mass is 450 g/mol. The first-order chi connectivity index (χ1) is 15.5. The molecule has 0 spiro atoms. The van der Waals surface area contributed by atoms with Crippen LogP contribution in [0.4, 0.5) is 5.13 Å². The number of nitrogens with one attached hydrogen (secondary N) is 1. The quantitative estimate of drug-likeness (QED) is 0.570. The van der Waals surface area contributed by atoms with Crippen molar-refractivity contribution >= 4 is 28.3 Å². The van der Waals surface area contributed by atoms with E-state index in [1.807, 2.05) is 29.2 Å². The first-order valence-electron chi connectivity index (χ1n) is 11.0. The molecule has 166 valence electrons. The minimum Gasteiger partial charge on any atom is -0.351 e. The third kappa shape index (κ3) is 4.17. The van der Waals surface area contributed by atoms with Gasteiger partial charge >= 0.3 is 0 Å². The Morgan fingerprint density at radius 1 is 1.28 bits per heavy atom. The van der Waals surface area contributed by atoms with E-state index in [9.17, 15) is 9.59 Å². The largest absolute Gasteiger partial charge is 0.351 e. The van der Waals surface area contributed by atoms with E-state index in [0.29, 0.717) is 30.3 Å². The number of amides is 2. The average Bonchev–Trinajstić information content (AvgIpc) is 3.07. The summed E-state index contributed by atoms with van der Waals surface area (Å²) in [6.07, 6.45) is 5.80. The molecule has 2 aliphatic rings. The van der Waals surface area contributed by atoms with Crippen LogP contribution in [0.25, 0.3) is 0 Å². The Balaban J connectivity index is 1.15. The summed E-state index contributed by atoms with van der Waals surface area (Å²) in [7, 11) is 0. The van der Waals surface area contributed by atoms with Crippen LogP contribution in [0.2, 0.25) is 0 Å². The molecule has 0 unspecified atom stereocenters. The van der Waals surface area contributed by atoms with E-state index >= 15 is 0 Å². The van der Waals surface area contributed by atoms with E-state index in [-0.39, 0.29) is 29.7 Å². The molecule has 1 aliphatic heterocycles. The van der Waals surface area contributed by atoms with Gasteiger partial charge in [0.1, 0.15) is 0 Å². The highest BCUT2D eigenvalue weighted by Crippen LogP contribution is 2.52. The molecule has 0 bridgehead atoms. The van der Waals surface area contributed by atoms with Crippen molar-refractivity contribution in [2.24, 2.45) is 0 Å². The van der Waals surface area contributed by atoms with Gasteiger partial charge in [0.15, 0.2) is 5.13 Å². The number of hydrogen-bond donors (Lipinski definition) is 1. The number of hydrogen-bond acceptors (Lipinski definition) is 6. The van der Waals surface area contributed by atoms with Gasteiger partial charge in [-0.15, -0.1) is 16.4 Å². The smallest absolute Gasteiger partial charge is 0.228 e. The summed E-state index contributed by atoms with van der Waals surface area (Å²) in [6, 6.07) is 10.4. The highest BCUT2D eigenvalue weighted by atomic mass is 32.1. The van der Waals surface area contributed by atoms with E-state index in [0.717, 1.165) is 25.0 Å². The Kier molecular flexibility index (Phi) is 5.50. The first kappa shape index (κ1) is 20.8. The molecular weight excluding hydrogens is 424 g/mol. The van der Waals surface area contributed by atoms with Crippen LogP contribution in [-0.4, -0.2) is 44.4 Å². The second kappa shape index (κ2) is 8.46. The molecule has 8 nitrogen and oxygen atoms in total. The third-order valence-electron chi connectivity index (χ3n) is 6.16. The normalized spacial score (nSPS) is 18.0. The van der Waals surface area contributed by atoms with Crippen molar-refractivity contribution in [2.45, 2.75) is 57.0 Å². The van der Waals surface area contributed by atoms with Crippen LogP contribution < -0.4 is 10.2 Å². The number of rotatable bonds is 8. The average molecular weight is 451 g/mol. The topological polar surface area (TPSA) is 93.0 Å². The highest BCUT2D eigenvalue weighted by molar-refractivity contribution is 7.14. The predicted octanol–water partition coefficient (Wildman–Crippen LogP) is 2.69. The molecule has 1 aromatic carbocycles. The van der Waals surface area contributed by atoms with Gasteiger partial charge in [0.05, 0.1) is 24.4 Å². The van der Waals surface area contributed by atoms with Gasteiger partial charge in [-0.05, 0) is 31.7 Å². The summed E-state index contributed by atoms with van der Waals surface area (Å²) in [5, 5.41) is 14.3. The zero-order chi connectivity index (χ0) is 22.1. The van der Waals surface area contributed by atoms with Crippen molar-refractivity contribution in [3.63, 3.8) is 0 Å². The summed E-state index contributed by atoms with van der Waals surface area (Å²) < 4.78 is 1.81. The summed E-state index contributed by atoms with van der Waals surface area (Å²) in [4.78, 5) is 30.6. The van der Waals surface area contributed by atoms with Gasteiger partial charge in [-0.2, -0.15) is 0 Å². The van der Waals surface area contributed by atoms with E-state index < -0.39 is 0 Å². The van der Waals surface area contributed by atoms with E-state index in [1.165, 1.54) is 16.9 Å². The van der Waals surface area contributed by atoms with E-state index in [2.05, 4.69) is 44.9 Å². The molecular formula is C23H26N6O2S. The standard InChI is InChI=1S/C23H26N6O2S/c1-16(24-20(30)12-18-15-32-22(25-18)29-11-5-8-21(29)31)13-28-14-19(26-27-28)23(9-10-23)17-6-3-2-4-7-17/h2-4,6-7,14-16H,5,8-13H2,1H3,(H,24,30)/t16-/m1/s1.